The van der Waals surface area contributed by atoms with Crippen molar-refractivity contribution in [2.75, 3.05) is 0 Å². The highest BCUT2D eigenvalue weighted by Gasteiger charge is 2.05. The Morgan fingerprint density at radius 1 is 1.45 bits per heavy atom. The molecule has 7 heteroatoms. The van der Waals surface area contributed by atoms with Gasteiger partial charge in [0.1, 0.15) is 12.0 Å². The molecule has 2 aromatic heterocycles. The lowest BCUT2D eigenvalue weighted by molar-refractivity contribution is -0.141. The molecule has 0 saturated heterocycles. The van der Waals surface area contributed by atoms with Crippen LogP contribution in [-0.2, 0) is 9.53 Å². The summed E-state index contributed by atoms with van der Waals surface area (Å²) in [6.07, 6.45) is 5.63. The molecule has 0 N–H and O–H groups in total. The predicted molar refractivity (Wildman–Crippen MR) is 74.8 cm³/mol. The fraction of sp³-hybridized carbons (Fsp3) is 0.231. The van der Waals surface area contributed by atoms with Crippen LogP contribution in [-0.4, -0.2) is 31.8 Å². The second-order valence-corrected chi connectivity index (χ2v) is 4.65. The number of halogens is 1. The molecule has 2 rings (SSSR count). The number of pyridine rings is 1. The standard InChI is InChI=1S/C13H13ClN4O2/c1-9(2)20-12(19)4-6-18-8-16-13(17-18)11-7-10(14)3-5-15-11/h3-9H,1-2H3/b6-4+. The molecule has 0 aliphatic carbocycles. The van der Waals surface area contributed by atoms with Gasteiger partial charge >= 0.3 is 5.97 Å². The molecule has 0 atom stereocenters. The van der Waals surface area contributed by atoms with Crippen LogP contribution >= 0.6 is 11.6 Å². The second kappa shape index (κ2) is 6.29. The van der Waals surface area contributed by atoms with Crippen LogP contribution in [0.2, 0.25) is 5.02 Å². The minimum atomic E-state index is -0.432. The third-order valence-corrected chi connectivity index (χ3v) is 2.41. The van der Waals surface area contributed by atoms with E-state index in [-0.39, 0.29) is 6.10 Å². The van der Waals surface area contributed by atoms with Gasteiger partial charge < -0.3 is 4.74 Å². The first-order valence-electron chi connectivity index (χ1n) is 5.96. The van der Waals surface area contributed by atoms with E-state index in [1.807, 2.05) is 0 Å². The van der Waals surface area contributed by atoms with E-state index in [2.05, 4.69) is 15.1 Å². The largest absolute Gasteiger partial charge is 0.460 e. The topological polar surface area (TPSA) is 69.9 Å². The molecular weight excluding hydrogens is 280 g/mol. The first kappa shape index (κ1) is 14.2. The van der Waals surface area contributed by atoms with E-state index < -0.39 is 5.97 Å². The fourth-order valence-corrected chi connectivity index (χ4v) is 1.56. The van der Waals surface area contributed by atoms with Gasteiger partial charge in [0.05, 0.1) is 6.10 Å². The highest BCUT2D eigenvalue weighted by molar-refractivity contribution is 6.30. The van der Waals surface area contributed by atoms with Crippen LogP contribution < -0.4 is 0 Å². The number of aromatic nitrogens is 4. The number of nitrogens with zero attached hydrogens (tertiary/aromatic N) is 4. The Bertz CT molecular complexity index is 637. The minimum absolute atomic E-state index is 0.158. The third kappa shape index (κ3) is 3.89. The van der Waals surface area contributed by atoms with Crippen molar-refractivity contribution in [3.63, 3.8) is 0 Å². The van der Waals surface area contributed by atoms with Gasteiger partial charge in [0.25, 0.3) is 0 Å². The summed E-state index contributed by atoms with van der Waals surface area (Å²) in [5, 5.41) is 4.72. The maximum Gasteiger partial charge on any atom is 0.332 e. The van der Waals surface area contributed by atoms with Gasteiger partial charge in [-0.2, -0.15) is 0 Å². The maximum absolute atomic E-state index is 11.3. The minimum Gasteiger partial charge on any atom is -0.460 e. The van der Waals surface area contributed by atoms with Gasteiger partial charge in [-0.05, 0) is 26.0 Å². The molecule has 20 heavy (non-hydrogen) atoms. The predicted octanol–water partition coefficient (Wildman–Crippen LogP) is 2.42. The Balaban J connectivity index is 2.10. The Morgan fingerprint density at radius 3 is 2.95 bits per heavy atom. The molecule has 0 aliphatic heterocycles. The lowest BCUT2D eigenvalue weighted by atomic mass is 10.3. The monoisotopic (exact) mass is 292 g/mol. The van der Waals surface area contributed by atoms with E-state index in [9.17, 15) is 4.79 Å². The molecule has 2 aromatic rings. The first-order valence-corrected chi connectivity index (χ1v) is 6.34. The first-order chi connectivity index (χ1) is 9.54. The third-order valence-electron chi connectivity index (χ3n) is 2.17. The van der Waals surface area contributed by atoms with Gasteiger partial charge in [0, 0.05) is 23.5 Å². The van der Waals surface area contributed by atoms with Crippen molar-refractivity contribution in [3.8, 4) is 11.5 Å². The van der Waals surface area contributed by atoms with Crippen molar-refractivity contribution < 1.29 is 9.53 Å². The summed E-state index contributed by atoms with van der Waals surface area (Å²) in [6.45, 7) is 3.56. The zero-order valence-electron chi connectivity index (χ0n) is 11.0. The van der Waals surface area contributed by atoms with E-state index in [0.717, 1.165) is 0 Å². The van der Waals surface area contributed by atoms with Crippen molar-refractivity contribution in [2.24, 2.45) is 0 Å². The van der Waals surface area contributed by atoms with Crippen LogP contribution in [0.3, 0.4) is 0 Å². The molecule has 0 spiro atoms. The van der Waals surface area contributed by atoms with Crippen molar-refractivity contribution in [2.45, 2.75) is 20.0 Å². The molecule has 0 aromatic carbocycles. The van der Waals surface area contributed by atoms with E-state index in [1.165, 1.54) is 23.3 Å². The highest BCUT2D eigenvalue weighted by Crippen LogP contribution is 2.15. The van der Waals surface area contributed by atoms with Gasteiger partial charge in [0.15, 0.2) is 5.82 Å². The van der Waals surface area contributed by atoms with Crippen molar-refractivity contribution >= 4 is 23.8 Å². The lowest BCUT2D eigenvalue weighted by Crippen LogP contribution is -2.08. The number of carbonyl (C=O) groups is 1. The van der Waals surface area contributed by atoms with Gasteiger partial charge in [0.2, 0.25) is 0 Å². The van der Waals surface area contributed by atoms with Crippen LogP contribution in [0.5, 0.6) is 0 Å². The van der Waals surface area contributed by atoms with Crippen LogP contribution in [0.25, 0.3) is 17.7 Å². The van der Waals surface area contributed by atoms with Crippen molar-refractivity contribution in [3.05, 3.63) is 35.8 Å². The van der Waals surface area contributed by atoms with Crippen LogP contribution in [0.4, 0.5) is 0 Å². The molecule has 0 radical (unpaired) electrons. The maximum atomic E-state index is 11.3. The van der Waals surface area contributed by atoms with Crippen molar-refractivity contribution in [1.82, 2.24) is 19.7 Å². The summed E-state index contributed by atoms with van der Waals surface area (Å²) in [7, 11) is 0. The van der Waals surface area contributed by atoms with E-state index >= 15 is 0 Å². The summed E-state index contributed by atoms with van der Waals surface area (Å²) in [5.74, 6) is -0.00712. The molecular formula is C13H13ClN4O2. The summed E-state index contributed by atoms with van der Waals surface area (Å²) >= 11 is 5.88. The molecule has 6 nitrogen and oxygen atoms in total. The zero-order valence-corrected chi connectivity index (χ0v) is 11.8. The van der Waals surface area contributed by atoms with Gasteiger partial charge in [-0.25, -0.2) is 14.5 Å². The number of hydrogen-bond acceptors (Lipinski definition) is 5. The average Bonchev–Trinajstić information content (AvgIpc) is 2.84. The van der Waals surface area contributed by atoms with Crippen molar-refractivity contribution in [1.29, 1.82) is 0 Å². The van der Waals surface area contributed by atoms with Crippen LogP contribution in [0.15, 0.2) is 30.7 Å². The SMILES string of the molecule is CC(C)OC(=O)/C=C/n1cnc(-c2cc(Cl)ccn2)n1. The number of carbonyl (C=O) groups excluding carboxylic acids is 1. The van der Waals surface area contributed by atoms with E-state index in [0.29, 0.717) is 16.5 Å². The molecule has 0 bridgehead atoms. The summed E-state index contributed by atoms with van der Waals surface area (Å²) < 4.78 is 6.36. The van der Waals surface area contributed by atoms with Gasteiger partial charge in [-0.3, -0.25) is 4.98 Å². The molecule has 0 fully saturated rings. The van der Waals surface area contributed by atoms with Crippen LogP contribution in [0.1, 0.15) is 13.8 Å². The number of rotatable bonds is 4. The summed E-state index contributed by atoms with van der Waals surface area (Å²) in [5.41, 5.74) is 0.564. The Labute approximate surface area is 121 Å². The molecule has 0 aliphatic rings. The normalized spacial score (nSPS) is 11.2. The summed E-state index contributed by atoms with van der Waals surface area (Å²) in [6, 6.07) is 3.34. The average molecular weight is 293 g/mol. The Kier molecular flexibility index (Phi) is 4.47. The summed E-state index contributed by atoms with van der Waals surface area (Å²) in [4.78, 5) is 19.6. The molecule has 0 unspecified atom stereocenters. The zero-order chi connectivity index (χ0) is 14.5. The molecule has 0 amide bonds. The molecule has 0 saturated carbocycles. The number of esters is 1. The fourth-order valence-electron chi connectivity index (χ4n) is 1.40. The van der Waals surface area contributed by atoms with Gasteiger partial charge in [-0.1, -0.05) is 11.6 Å². The highest BCUT2D eigenvalue weighted by atomic mass is 35.5. The Hall–Kier alpha value is -2.21. The molecule has 2 heterocycles. The lowest BCUT2D eigenvalue weighted by Gasteiger charge is -2.03. The van der Waals surface area contributed by atoms with Gasteiger partial charge in [-0.15, -0.1) is 5.10 Å². The quantitative estimate of drug-likeness (QED) is 0.639. The van der Waals surface area contributed by atoms with E-state index in [1.54, 1.807) is 32.2 Å². The smallest absolute Gasteiger partial charge is 0.332 e. The van der Waals surface area contributed by atoms with E-state index in [4.69, 9.17) is 16.3 Å². The number of hydrogen-bond donors (Lipinski definition) is 0. The second-order valence-electron chi connectivity index (χ2n) is 4.21. The molecule has 104 valence electrons. The Morgan fingerprint density at radius 2 is 2.25 bits per heavy atom. The van der Waals surface area contributed by atoms with Crippen LogP contribution in [0, 0.1) is 0 Å². The number of ether oxygens (including phenoxy) is 1.